The van der Waals surface area contributed by atoms with Crippen LogP contribution in [0.5, 0.6) is 0 Å². The minimum absolute atomic E-state index is 0.191. The normalized spacial score (nSPS) is 11.8. The van der Waals surface area contributed by atoms with Gasteiger partial charge in [0.2, 0.25) is 5.71 Å². The van der Waals surface area contributed by atoms with Gasteiger partial charge in [-0.2, -0.15) is 18.8 Å². The van der Waals surface area contributed by atoms with Crippen LogP contribution in [0.2, 0.25) is 0 Å². The quantitative estimate of drug-likeness (QED) is 0.142. The zero-order valence-corrected chi connectivity index (χ0v) is 17.5. The Balaban J connectivity index is 1.86. The van der Waals surface area contributed by atoms with Crippen LogP contribution in [0.15, 0.2) is 82.8 Å². The van der Waals surface area contributed by atoms with Gasteiger partial charge in [-0.1, -0.05) is 72.8 Å². The molecule has 0 atom stereocenters. The first kappa shape index (κ1) is 22.4. The monoisotopic (exact) mass is 445 g/mol. The molecule has 160 valence electrons. The number of nitrogens with one attached hydrogen (secondary N) is 2. The number of nitrogens with two attached hydrogens (primary N) is 1. The first-order valence-electron chi connectivity index (χ1n) is 9.31. The van der Waals surface area contributed by atoms with Crippen molar-refractivity contribution in [1.29, 1.82) is 10.7 Å². The van der Waals surface area contributed by atoms with Gasteiger partial charge < -0.3 is 5.73 Å². The molecule has 5 N–H and O–H groups in total. The Hall–Kier alpha value is -4.26. The lowest BCUT2D eigenvalue weighted by atomic mass is 10.0. The average Bonchev–Trinajstić information content (AvgIpc) is 2.78. The SMILES string of the molecule is N#C/C(=N\Nc1ccc(C=Cc2ccc(-c3ccccc3)cc2)c(S(=O)(=O)O)c1)C(=N)N. The molecule has 8 nitrogen and oxygen atoms in total. The molecule has 3 aromatic rings. The van der Waals surface area contributed by atoms with Crippen molar-refractivity contribution in [2.45, 2.75) is 4.90 Å². The molecule has 0 heterocycles. The van der Waals surface area contributed by atoms with E-state index in [4.69, 9.17) is 16.4 Å². The number of hydrogen-bond acceptors (Lipinski definition) is 6. The molecule has 0 aromatic heterocycles. The third-order valence-electron chi connectivity index (χ3n) is 4.42. The first-order valence-corrected chi connectivity index (χ1v) is 10.8. The number of nitrogens with zero attached hydrogens (tertiary/aromatic N) is 2. The Morgan fingerprint density at radius 2 is 1.69 bits per heavy atom. The summed E-state index contributed by atoms with van der Waals surface area (Å²) >= 11 is 0. The summed E-state index contributed by atoms with van der Waals surface area (Å²) in [6.45, 7) is 0. The van der Waals surface area contributed by atoms with Gasteiger partial charge in [-0.25, -0.2) is 0 Å². The van der Waals surface area contributed by atoms with E-state index in [0.717, 1.165) is 16.7 Å². The van der Waals surface area contributed by atoms with Crippen LogP contribution in [-0.4, -0.2) is 24.5 Å². The molecule has 32 heavy (non-hydrogen) atoms. The van der Waals surface area contributed by atoms with Crippen molar-refractivity contribution in [3.8, 4) is 17.2 Å². The van der Waals surface area contributed by atoms with E-state index in [9.17, 15) is 13.0 Å². The van der Waals surface area contributed by atoms with Crippen molar-refractivity contribution >= 4 is 39.5 Å². The lowest BCUT2D eigenvalue weighted by Gasteiger charge is -2.07. The Labute approximate surface area is 185 Å². The summed E-state index contributed by atoms with van der Waals surface area (Å²) in [6, 6.07) is 23.5. The maximum Gasteiger partial charge on any atom is 0.295 e. The minimum Gasteiger partial charge on any atom is -0.382 e. The highest BCUT2D eigenvalue weighted by Crippen LogP contribution is 2.24. The summed E-state index contributed by atoms with van der Waals surface area (Å²) in [7, 11) is -4.54. The number of amidine groups is 1. The highest BCUT2D eigenvalue weighted by Gasteiger charge is 2.15. The zero-order chi connectivity index (χ0) is 23.1. The Morgan fingerprint density at radius 3 is 2.28 bits per heavy atom. The second-order valence-corrected chi connectivity index (χ2v) is 8.04. The molecule has 0 saturated carbocycles. The fraction of sp³-hybridized carbons (Fsp3) is 0. The van der Waals surface area contributed by atoms with E-state index in [0.29, 0.717) is 0 Å². The highest BCUT2D eigenvalue weighted by atomic mass is 32.2. The van der Waals surface area contributed by atoms with E-state index in [1.165, 1.54) is 18.2 Å². The van der Waals surface area contributed by atoms with Gasteiger partial charge in [-0.3, -0.25) is 15.4 Å². The summed E-state index contributed by atoms with van der Waals surface area (Å²) in [5.74, 6) is -0.534. The maximum atomic E-state index is 11.9. The second kappa shape index (κ2) is 9.70. The van der Waals surface area contributed by atoms with E-state index in [2.05, 4.69) is 10.5 Å². The summed E-state index contributed by atoms with van der Waals surface area (Å²) < 4.78 is 33.4. The fourth-order valence-electron chi connectivity index (χ4n) is 2.83. The molecule has 3 rings (SSSR count). The van der Waals surface area contributed by atoms with Crippen molar-refractivity contribution in [2.24, 2.45) is 10.8 Å². The molecular formula is C23H19N5O3S. The summed E-state index contributed by atoms with van der Waals surface area (Å²) in [4.78, 5) is -0.337. The second-order valence-electron chi connectivity index (χ2n) is 6.65. The predicted octanol–water partition coefficient (Wildman–Crippen LogP) is 4.00. The van der Waals surface area contributed by atoms with Gasteiger partial charge in [0, 0.05) is 0 Å². The van der Waals surface area contributed by atoms with E-state index < -0.39 is 16.0 Å². The Bertz CT molecular complexity index is 1340. The highest BCUT2D eigenvalue weighted by molar-refractivity contribution is 7.86. The van der Waals surface area contributed by atoms with Gasteiger partial charge in [-0.15, -0.1) is 0 Å². The van der Waals surface area contributed by atoms with Gasteiger partial charge >= 0.3 is 0 Å². The third kappa shape index (κ3) is 5.66. The Kier molecular flexibility index (Phi) is 6.80. The van der Waals surface area contributed by atoms with E-state index in [1.807, 2.05) is 54.6 Å². The molecule has 0 spiro atoms. The molecule has 0 radical (unpaired) electrons. The van der Waals surface area contributed by atoms with Crippen LogP contribution in [0, 0.1) is 16.7 Å². The van der Waals surface area contributed by atoms with Crippen molar-refractivity contribution in [3.63, 3.8) is 0 Å². The van der Waals surface area contributed by atoms with Gasteiger partial charge in [0.05, 0.1) is 5.69 Å². The van der Waals surface area contributed by atoms with Crippen LogP contribution in [0.25, 0.3) is 23.3 Å². The lowest BCUT2D eigenvalue weighted by molar-refractivity contribution is 0.483. The van der Waals surface area contributed by atoms with Crippen molar-refractivity contribution < 1.29 is 13.0 Å². The number of nitriles is 1. The summed E-state index contributed by atoms with van der Waals surface area (Å²) in [6.07, 6.45) is 3.30. The minimum atomic E-state index is -4.54. The molecule has 0 aliphatic carbocycles. The Morgan fingerprint density at radius 1 is 1.03 bits per heavy atom. The lowest BCUT2D eigenvalue weighted by Crippen LogP contribution is -2.21. The molecule has 0 amide bonds. The molecule has 0 aliphatic rings. The van der Waals surface area contributed by atoms with Crippen LogP contribution in [-0.2, 0) is 10.1 Å². The molecule has 3 aromatic carbocycles. The molecular weight excluding hydrogens is 426 g/mol. The van der Waals surface area contributed by atoms with Crippen LogP contribution < -0.4 is 11.2 Å². The molecule has 0 unspecified atom stereocenters. The van der Waals surface area contributed by atoms with E-state index >= 15 is 0 Å². The number of hydrazone groups is 1. The molecule has 0 saturated heterocycles. The zero-order valence-electron chi connectivity index (χ0n) is 16.7. The largest absolute Gasteiger partial charge is 0.382 e. The fourth-order valence-corrected chi connectivity index (χ4v) is 3.54. The third-order valence-corrected chi connectivity index (χ3v) is 5.33. The predicted molar refractivity (Wildman–Crippen MR) is 126 cm³/mol. The van der Waals surface area contributed by atoms with Crippen molar-refractivity contribution in [2.75, 3.05) is 5.43 Å². The van der Waals surface area contributed by atoms with Crippen LogP contribution in [0.3, 0.4) is 0 Å². The van der Waals surface area contributed by atoms with Crippen molar-refractivity contribution in [1.82, 2.24) is 0 Å². The topological polar surface area (TPSA) is 152 Å². The number of anilines is 1. The van der Waals surface area contributed by atoms with Gasteiger partial charge in [0.15, 0.2) is 5.84 Å². The molecule has 0 aliphatic heterocycles. The van der Waals surface area contributed by atoms with Gasteiger partial charge in [0.1, 0.15) is 11.0 Å². The van der Waals surface area contributed by atoms with Crippen LogP contribution in [0.4, 0.5) is 5.69 Å². The number of hydrogen-bond donors (Lipinski definition) is 4. The van der Waals surface area contributed by atoms with E-state index in [-0.39, 0.29) is 21.9 Å². The average molecular weight is 446 g/mol. The van der Waals surface area contributed by atoms with E-state index in [1.54, 1.807) is 18.2 Å². The maximum absolute atomic E-state index is 11.9. The smallest absolute Gasteiger partial charge is 0.295 e. The molecule has 0 bridgehead atoms. The number of rotatable bonds is 7. The van der Waals surface area contributed by atoms with Gasteiger partial charge in [0.25, 0.3) is 10.1 Å². The molecule has 9 heteroatoms. The van der Waals surface area contributed by atoms with Crippen LogP contribution >= 0.6 is 0 Å². The number of benzene rings is 3. The van der Waals surface area contributed by atoms with Crippen LogP contribution in [0.1, 0.15) is 11.1 Å². The summed E-state index contributed by atoms with van der Waals surface area (Å²) in [5.41, 5.74) is 10.8. The first-order chi connectivity index (χ1) is 15.3. The van der Waals surface area contributed by atoms with Gasteiger partial charge in [-0.05, 0) is 34.4 Å². The summed E-state index contributed by atoms with van der Waals surface area (Å²) in [5, 5.41) is 19.8. The van der Waals surface area contributed by atoms with Crippen molar-refractivity contribution in [3.05, 3.63) is 83.9 Å². The molecule has 0 fully saturated rings. The standard InChI is InChI=1S/C23H19N5O3S/c24-15-21(23(25)26)28-27-20-13-12-19(22(14-20)32(29,30)31)11-8-16-6-9-18(10-7-16)17-4-2-1-3-5-17/h1-14,27H,(H3,25,26)(H,29,30,31)/b11-8?,28-21+.